The summed E-state index contributed by atoms with van der Waals surface area (Å²) in [7, 11) is 0. The molecule has 138 valence electrons. The molecule has 3 rings (SSSR count). The number of amides is 1. The van der Waals surface area contributed by atoms with Crippen molar-refractivity contribution in [3.8, 4) is 0 Å². The summed E-state index contributed by atoms with van der Waals surface area (Å²) in [4.78, 5) is 14.0. The lowest BCUT2D eigenvalue weighted by atomic mass is 9.57. The number of carbonyl (C=O) groups excluding carboxylic acids is 1. The van der Waals surface area contributed by atoms with Crippen LogP contribution in [0, 0.1) is 11.3 Å². The molecular formula is C18H27ClN4O2. The van der Waals surface area contributed by atoms with Crippen molar-refractivity contribution in [2.45, 2.75) is 52.1 Å². The average Bonchev–Trinajstić information content (AvgIpc) is 2.51. The van der Waals surface area contributed by atoms with Crippen LogP contribution < -0.4 is 5.32 Å². The minimum absolute atomic E-state index is 0.179. The van der Waals surface area contributed by atoms with E-state index in [0.717, 1.165) is 38.3 Å². The van der Waals surface area contributed by atoms with E-state index in [1.807, 2.05) is 31.7 Å². The van der Waals surface area contributed by atoms with Crippen LogP contribution >= 0.6 is 11.6 Å². The number of hydrogen-bond donors (Lipinski definition) is 1. The number of nitrogens with one attached hydrogen (secondary N) is 1. The Balaban J connectivity index is 1.39. The Kier molecular flexibility index (Phi) is 5.09. The highest BCUT2D eigenvalue weighted by Crippen LogP contribution is 2.52. The molecule has 0 aromatic carbocycles. The molecule has 25 heavy (non-hydrogen) atoms. The summed E-state index contributed by atoms with van der Waals surface area (Å²) in [6, 6.07) is 3.59. The van der Waals surface area contributed by atoms with Gasteiger partial charge in [0.05, 0.1) is 0 Å². The van der Waals surface area contributed by atoms with Gasteiger partial charge < -0.3 is 15.0 Å². The van der Waals surface area contributed by atoms with E-state index in [1.54, 1.807) is 6.07 Å². The molecule has 1 aromatic heterocycles. The van der Waals surface area contributed by atoms with Crippen molar-refractivity contribution in [2.75, 3.05) is 25.0 Å². The zero-order valence-corrected chi connectivity index (χ0v) is 16.0. The molecule has 0 atom stereocenters. The first-order valence-electron chi connectivity index (χ1n) is 8.96. The van der Waals surface area contributed by atoms with Gasteiger partial charge in [-0.3, -0.25) is 0 Å². The minimum atomic E-state index is -0.427. The predicted octanol–water partition coefficient (Wildman–Crippen LogP) is 3.97. The van der Waals surface area contributed by atoms with Crippen LogP contribution in [0.25, 0.3) is 0 Å². The van der Waals surface area contributed by atoms with Gasteiger partial charge in [-0.15, -0.1) is 10.2 Å². The molecule has 1 saturated heterocycles. The van der Waals surface area contributed by atoms with E-state index in [4.69, 9.17) is 16.3 Å². The molecule has 0 bridgehead atoms. The number of anilines is 1. The maximum Gasteiger partial charge on any atom is 0.410 e. The topological polar surface area (TPSA) is 67.3 Å². The monoisotopic (exact) mass is 366 g/mol. The summed E-state index contributed by atoms with van der Waals surface area (Å²) in [6.07, 6.45) is 4.39. The summed E-state index contributed by atoms with van der Waals surface area (Å²) in [5, 5.41) is 11.6. The summed E-state index contributed by atoms with van der Waals surface area (Å²) in [6.45, 7) is 8.24. The van der Waals surface area contributed by atoms with Gasteiger partial charge in [-0.2, -0.15) is 0 Å². The largest absolute Gasteiger partial charge is 0.444 e. The lowest BCUT2D eigenvalue weighted by molar-refractivity contribution is -0.0241. The minimum Gasteiger partial charge on any atom is -0.444 e. The molecule has 1 aromatic rings. The van der Waals surface area contributed by atoms with Crippen LogP contribution in [0.15, 0.2) is 12.1 Å². The van der Waals surface area contributed by atoms with Crippen molar-refractivity contribution >= 4 is 23.5 Å². The van der Waals surface area contributed by atoms with Crippen LogP contribution in [0.2, 0.25) is 5.15 Å². The first-order chi connectivity index (χ1) is 11.7. The first kappa shape index (κ1) is 18.2. The fourth-order valence-corrected chi connectivity index (χ4v) is 3.97. The number of halogens is 1. The maximum absolute atomic E-state index is 12.2. The molecule has 2 aliphatic rings. The molecule has 1 saturated carbocycles. The molecule has 0 unspecified atom stereocenters. The third kappa shape index (κ3) is 4.75. The number of ether oxygens (including phenoxy) is 1. The number of hydrogen-bond acceptors (Lipinski definition) is 5. The number of carbonyl (C=O) groups is 1. The smallest absolute Gasteiger partial charge is 0.410 e. The summed E-state index contributed by atoms with van der Waals surface area (Å²) >= 11 is 5.74. The number of aromatic nitrogens is 2. The van der Waals surface area contributed by atoms with Crippen LogP contribution in [0.1, 0.15) is 46.5 Å². The van der Waals surface area contributed by atoms with E-state index >= 15 is 0 Å². The van der Waals surface area contributed by atoms with Gasteiger partial charge in [0, 0.05) is 19.6 Å². The predicted molar refractivity (Wildman–Crippen MR) is 97.7 cm³/mol. The van der Waals surface area contributed by atoms with E-state index in [0.29, 0.717) is 16.5 Å². The molecule has 7 heteroatoms. The van der Waals surface area contributed by atoms with Crippen LogP contribution in [-0.4, -0.2) is 46.4 Å². The third-order valence-corrected chi connectivity index (χ3v) is 5.32. The second-order valence-electron chi connectivity index (χ2n) is 8.36. The molecular weight excluding hydrogens is 340 g/mol. The van der Waals surface area contributed by atoms with Crippen LogP contribution in [0.3, 0.4) is 0 Å². The molecule has 1 N–H and O–H groups in total. The Hall–Kier alpha value is -1.56. The Morgan fingerprint density at radius 3 is 2.56 bits per heavy atom. The van der Waals surface area contributed by atoms with Gasteiger partial charge in [-0.05, 0) is 69.9 Å². The van der Waals surface area contributed by atoms with E-state index in [9.17, 15) is 4.79 Å². The van der Waals surface area contributed by atoms with E-state index in [2.05, 4.69) is 15.5 Å². The van der Waals surface area contributed by atoms with E-state index < -0.39 is 5.60 Å². The second kappa shape index (κ2) is 6.98. The number of piperidine rings is 1. The molecule has 1 aliphatic heterocycles. The fraction of sp³-hybridized carbons (Fsp3) is 0.722. The summed E-state index contributed by atoms with van der Waals surface area (Å²) in [5.41, 5.74) is -0.0133. The zero-order chi connectivity index (χ0) is 18.1. The highest BCUT2D eigenvalue weighted by molar-refractivity contribution is 6.29. The standard InChI is InChI=1S/C18H27ClN4O2/c1-17(2,3)25-16(24)23-8-6-18(7-9-23)10-13(11-18)12-20-15-5-4-14(19)21-22-15/h4-5,13H,6-12H2,1-3H3,(H,20,22). The molecule has 6 nitrogen and oxygen atoms in total. The quantitative estimate of drug-likeness (QED) is 0.876. The maximum atomic E-state index is 12.2. The molecule has 2 heterocycles. The van der Waals surface area contributed by atoms with E-state index in [1.165, 1.54) is 12.8 Å². The lowest BCUT2D eigenvalue weighted by Gasteiger charge is -2.52. The van der Waals surface area contributed by atoms with Gasteiger partial charge >= 0.3 is 6.09 Å². The Morgan fingerprint density at radius 1 is 1.32 bits per heavy atom. The van der Waals surface area contributed by atoms with Gasteiger partial charge in [-0.25, -0.2) is 4.79 Å². The van der Waals surface area contributed by atoms with Crippen molar-refractivity contribution in [3.05, 3.63) is 17.3 Å². The highest BCUT2D eigenvalue weighted by atomic mass is 35.5. The molecule has 1 spiro atoms. The van der Waals surface area contributed by atoms with Crippen molar-refractivity contribution in [3.63, 3.8) is 0 Å². The zero-order valence-electron chi connectivity index (χ0n) is 15.2. The summed E-state index contributed by atoms with van der Waals surface area (Å²) in [5.74, 6) is 1.43. The van der Waals surface area contributed by atoms with Gasteiger partial charge in [0.2, 0.25) is 0 Å². The van der Waals surface area contributed by atoms with Gasteiger partial charge in [0.25, 0.3) is 0 Å². The normalized spacial score (nSPS) is 20.2. The Labute approximate surface area is 154 Å². The number of rotatable bonds is 3. The Morgan fingerprint density at radius 2 is 2.00 bits per heavy atom. The number of likely N-dealkylation sites (tertiary alicyclic amines) is 1. The third-order valence-electron chi connectivity index (χ3n) is 5.12. The lowest BCUT2D eigenvalue weighted by Crippen LogP contribution is -2.50. The van der Waals surface area contributed by atoms with Crippen LogP contribution in [0.5, 0.6) is 0 Å². The molecule has 2 fully saturated rings. The van der Waals surface area contributed by atoms with Crippen LogP contribution in [-0.2, 0) is 4.74 Å². The van der Waals surface area contributed by atoms with Crippen LogP contribution in [0.4, 0.5) is 10.6 Å². The fourth-order valence-electron chi connectivity index (χ4n) is 3.87. The van der Waals surface area contributed by atoms with Crippen molar-refractivity contribution in [1.82, 2.24) is 15.1 Å². The second-order valence-corrected chi connectivity index (χ2v) is 8.75. The van der Waals surface area contributed by atoms with Crippen molar-refractivity contribution in [1.29, 1.82) is 0 Å². The average molecular weight is 367 g/mol. The highest BCUT2D eigenvalue weighted by Gasteiger charge is 2.46. The van der Waals surface area contributed by atoms with Gasteiger partial charge in [0.1, 0.15) is 11.4 Å². The Bertz CT molecular complexity index is 598. The van der Waals surface area contributed by atoms with E-state index in [-0.39, 0.29) is 6.09 Å². The van der Waals surface area contributed by atoms with Gasteiger partial charge in [0.15, 0.2) is 5.15 Å². The van der Waals surface area contributed by atoms with Crippen molar-refractivity contribution in [2.24, 2.45) is 11.3 Å². The van der Waals surface area contributed by atoms with Gasteiger partial charge in [-0.1, -0.05) is 11.6 Å². The molecule has 0 radical (unpaired) electrons. The first-order valence-corrected chi connectivity index (χ1v) is 9.34. The number of nitrogens with zero attached hydrogens (tertiary/aromatic N) is 3. The SMILES string of the molecule is CC(C)(C)OC(=O)N1CCC2(CC1)CC(CNc1ccc(Cl)nn1)C2. The molecule has 1 amide bonds. The molecule has 1 aliphatic carbocycles. The van der Waals surface area contributed by atoms with Crippen molar-refractivity contribution < 1.29 is 9.53 Å². The summed E-state index contributed by atoms with van der Waals surface area (Å²) < 4.78 is 5.47.